The van der Waals surface area contributed by atoms with Gasteiger partial charge in [-0.1, -0.05) is 39.2 Å². The molecule has 8 atom stereocenters. The van der Waals surface area contributed by atoms with Gasteiger partial charge in [-0.2, -0.15) is 0 Å². The maximum Gasteiger partial charge on any atom is 0.333 e. The van der Waals surface area contributed by atoms with E-state index in [1.807, 2.05) is 0 Å². The van der Waals surface area contributed by atoms with Crippen molar-refractivity contribution in [2.45, 2.75) is 119 Å². The third-order valence-corrected chi connectivity index (χ3v) is 10.9. The SMILES string of the molecule is C1CC2C3CCC(C3)C2C1.C1CC2C3CCC(C3)C2C1.C=C(C)C(=O)OCC.C=C(C)C(=O)OCC.C=CC(=O)OCC.C=CC(=O)OCC. The quantitative estimate of drug-likeness (QED) is 0.140. The van der Waals surface area contributed by atoms with Crippen LogP contribution in [0.25, 0.3) is 0 Å². The van der Waals surface area contributed by atoms with E-state index in [2.05, 4.69) is 45.3 Å². The Morgan fingerprint density at radius 3 is 0.920 bits per heavy atom. The lowest BCUT2D eigenvalue weighted by Gasteiger charge is -2.23. The van der Waals surface area contributed by atoms with E-state index < -0.39 is 0 Å². The zero-order chi connectivity index (χ0) is 37.6. The van der Waals surface area contributed by atoms with Gasteiger partial charge in [0.15, 0.2) is 0 Å². The van der Waals surface area contributed by atoms with Gasteiger partial charge in [0.05, 0.1) is 26.4 Å². The van der Waals surface area contributed by atoms with Crippen LogP contribution in [0.3, 0.4) is 0 Å². The highest BCUT2D eigenvalue weighted by Crippen LogP contribution is 2.59. The van der Waals surface area contributed by atoms with E-state index in [1.54, 1.807) is 119 Å². The van der Waals surface area contributed by atoms with Crippen molar-refractivity contribution in [1.82, 2.24) is 0 Å². The lowest BCUT2D eigenvalue weighted by Crippen LogP contribution is -2.15. The first-order chi connectivity index (χ1) is 23.9. The Hall–Kier alpha value is -3.16. The number of hydrogen-bond acceptors (Lipinski definition) is 8. The highest BCUT2D eigenvalue weighted by Gasteiger charge is 2.49. The van der Waals surface area contributed by atoms with Crippen LogP contribution in [0.5, 0.6) is 0 Å². The zero-order valence-electron chi connectivity index (χ0n) is 32.2. The molecule has 0 aliphatic heterocycles. The molecular weight excluding hydrogens is 632 g/mol. The number of carbonyl (C=O) groups is 4. The second-order valence-corrected chi connectivity index (χ2v) is 14.1. The normalized spacial score (nSPS) is 27.8. The van der Waals surface area contributed by atoms with Crippen molar-refractivity contribution in [2.24, 2.45) is 47.3 Å². The number of carbonyl (C=O) groups excluding carboxylic acids is 4. The minimum Gasteiger partial charge on any atom is -0.463 e. The van der Waals surface area contributed by atoms with Crippen LogP contribution in [0.1, 0.15) is 119 Å². The lowest BCUT2D eigenvalue weighted by molar-refractivity contribution is -0.139. The van der Waals surface area contributed by atoms with E-state index in [9.17, 15) is 19.2 Å². The third kappa shape index (κ3) is 15.4. The fourth-order valence-electron chi connectivity index (χ4n) is 8.95. The molecule has 0 aromatic rings. The van der Waals surface area contributed by atoms with E-state index in [-0.39, 0.29) is 23.9 Å². The Balaban J connectivity index is 0.000000303. The third-order valence-electron chi connectivity index (χ3n) is 10.9. The summed E-state index contributed by atoms with van der Waals surface area (Å²) in [5, 5.41) is 0. The summed E-state index contributed by atoms with van der Waals surface area (Å²) in [7, 11) is 0. The maximum atomic E-state index is 10.4. The maximum absolute atomic E-state index is 10.4. The molecule has 6 fully saturated rings. The largest absolute Gasteiger partial charge is 0.463 e. The smallest absolute Gasteiger partial charge is 0.333 e. The van der Waals surface area contributed by atoms with Crippen molar-refractivity contribution in [3.05, 3.63) is 49.6 Å². The first-order valence-electron chi connectivity index (χ1n) is 19.1. The van der Waals surface area contributed by atoms with Crippen molar-refractivity contribution >= 4 is 23.9 Å². The predicted molar refractivity (Wildman–Crippen MR) is 200 cm³/mol. The van der Waals surface area contributed by atoms with Crippen LogP contribution in [0.15, 0.2) is 49.6 Å². The Kier molecular flexibility index (Phi) is 22.3. The van der Waals surface area contributed by atoms with E-state index in [4.69, 9.17) is 0 Å². The van der Waals surface area contributed by atoms with E-state index in [1.165, 1.54) is 47.3 Å². The molecule has 0 spiro atoms. The summed E-state index contributed by atoms with van der Waals surface area (Å²) in [5.41, 5.74) is 0.902. The molecular formula is C42H68O8. The molecule has 4 bridgehead atoms. The molecule has 0 aromatic carbocycles. The fraction of sp³-hybridized carbons (Fsp3) is 0.714. The lowest BCUT2D eigenvalue weighted by atomic mass is 9.82. The van der Waals surface area contributed by atoms with Crippen LogP contribution in [0.2, 0.25) is 0 Å². The van der Waals surface area contributed by atoms with Crippen molar-refractivity contribution in [1.29, 1.82) is 0 Å². The van der Waals surface area contributed by atoms with Gasteiger partial charge in [0, 0.05) is 23.3 Å². The van der Waals surface area contributed by atoms with Crippen LogP contribution in [0.4, 0.5) is 0 Å². The van der Waals surface area contributed by atoms with Crippen LogP contribution in [0, 0.1) is 47.3 Å². The van der Waals surface area contributed by atoms with Crippen LogP contribution >= 0.6 is 0 Å². The second kappa shape index (κ2) is 24.9. The van der Waals surface area contributed by atoms with Gasteiger partial charge in [0.2, 0.25) is 0 Å². The predicted octanol–water partition coefficient (Wildman–Crippen LogP) is 9.39. The molecule has 6 aliphatic rings. The Morgan fingerprint density at radius 2 is 0.760 bits per heavy atom. The Morgan fingerprint density at radius 1 is 0.500 bits per heavy atom. The molecule has 6 rings (SSSR count). The summed E-state index contributed by atoms with van der Waals surface area (Å²) in [4.78, 5) is 41.0. The van der Waals surface area contributed by atoms with Gasteiger partial charge >= 0.3 is 23.9 Å². The highest BCUT2D eigenvalue weighted by atomic mass is 16.5. The van der Waals surface area contributed by atoms with Crippen molar-refractivity contribution < 1.29 is 38.1 Å². The molecule has 0 N–H and O–H groups in total. The van der Waals surface area contributed by atoms with Gasteiger partial charge in [-0.15, -0.1) is 0 Å². The minimum atomic E-state index is -0.359. The van der Waals surface area contributed by atoms with Crippen LogP contribution < -0.4 is 0 Å². The molecule has 8 nitrogen and oxygen atoms in total. The summed E-state index contributed by atoms with van der Waals surface area (Å²) in [5.74, 6) is 8.25. The van der Waals surface area contributed by atoms with Gasteiger partial charge in [-0.25, -0.2) is 19.2 Å². The summed E-state index contributed by atoms with van der Waals surface area (Å²) in [6.07, 6.45) is 21.4. The van der Waals surface area contributed by atoms with Crippen molar-refractivity contribution in [3.8, 4) is 0 Å². The van der Waals surface area contributed by atoms with Gasteiger partial charge in [-0.3, -0.25) is 0 Å². The number of ether oxygens (including phenoxy) is 4. The van der Waals surface area contributed by atoms with Crippen LogP contribution in [-0.2, 0) is 38.1 Å². The summed E-state index contributed by atoms with van der Waals surface area (Å²) in [6.45, 7) is 25.2. The van der Waals surface area contributed by atoms with Gasteiger partial charge in [-0.05, 0) is 153 Å². The zero-order valence-corrected chi connectivity index (χ0v) is 32.2. The van der Waals surface area contributed by atoms with E-state index >= 15 is 0 Å². The number of rotatable bonds is 8. The minimum absolute atomic E-state index is 0.312. The van der Waals surface area contributed by atoms with Crippen molar-refractivity contribution in [2.75, 3.05) is 26.4 Å². The monoisotopic (exact) mass is 700 g/mol. The molecule has 0 heterocycles. The molecule has 0 aromatic heterocycles. The van der Waals surface area contributed by atoms with Gasteiger partial charge < -0.3 is 18.9 Å². The number of esters is 4. The number of fused-ring (bicyclic) bond motifs is 10. The standard InChI is InChI=1S/2C10H16.2C6H10O2.2C5H8O2/c2*1-2-9-7-4-5-8(6-7)10(9)3-1;2*1-4-8-6(7)5(2)3;2*1-3-5(6)7-4-2/h2*7-10H,1-6H2;2*2,4H2,1,3H3;2*3H,1,4H2,2H3. The van der Waals surface area contributed by atoms with E-state index in [0.717, 1.165) is 12.2 Å². The number of hydrogen-bond donors (Lipinski definition) is 0. The molecule has 0 radical (unpaired) electrons. The molecule has 8 heteroatoms. The molecule has 0 saturated heterocycles. The molecule has 50 heavy (non-hydrogen) atoms. The average molecular weight is 701 g/mol. The fourth-order valence-corrected chi connectivity index (χ4v) is 8.95. The Labute approximate surface area is 303 Å². The first kappa shape index (κ1) is 44.9. The van der Waals surface area contributed by atoms with Gasteiger partial charge in [0.1, 0.15) is 0 Å². The summed E-state index contributed by atoms with van der Waals surface area (Å²) >= 11 is 0. The highest BCUT2D eigenvalue weighted by molar-refractivity contribution is 5.87. The molecule has 6 saturated carbocycles. The van der Waals surface area contributed by atoms with Crippen molar-refractivity contribution in [3.63, 3.8) is 0 Å². The molecule has 6 aliphatic carbocycles. The second-order valence-electron chi connectivity index (χ2n) is 14.1. The van der Waals surface area contributed by atoms with E-state index in [0.29, 0.717) is 37.6 Å². The first-order valence-corrected chi connectivity index (χ1v) is 19.1. The van der Waals surface area contributed by atoms with Crippen LogP contribution in [-0.4, -0.2) is 50.3 Å². The molecule has 0 amide bonds. The summed E-state index contributed by atoms with van der Waals surface area (Å²) < 4.78 is 18.0. The average Bonchev–Trinajstić information content (AvgIpc) is 3.95. The molecule has 8 unspecified atom stereocenters. The molecule has 284 valence electrons. The summed E-state index contributed by atoms with van der Waals surface area (Å²) in [6, 6.07) is 0. The van der Waals surface area contributed by atoms with Gasteiger partial charge in [0.25, 0.3) is 0 Å². The Bertz CT molecular complexity index is 991. The topological polar surface area (TPSA) is 105 Å².